The van der Waals surface area contributed by atoms with Crippen LogP contribution in [0.15, 0.2) is 12.2 Å². The minimum absolute atomic E-state index is 0.822. The molecule has 1 saturated carbocycles. The Balaban J connectivity index is 2.46. The zero-order valence-electron chi connectivity index (χ0n) is 8.77. The molecule has 1 rings (SSSR count). The van der Waals surface area contributed by atoms with Crippen molar-refractivity contribution in [3.8, 4) is 0 Å². The highest BCUT2D eigenvalue weighted by molar-refractivity contribution is 4.99. The molecule has 0 aromatic carbocycles. The summed E-state index contributed by atoms with van der Waals surface area (Å²) in [6, 6.07) is 0. The summed E-state index contributed by atoms with van der Waals surface area (Å²) in [7, 11) is 0. The molecule has 0 amide bonds. The molecule has 2 unspecified atom stereocenters. The van der Waals surface area contributed by atoms with Crippen LogP contribution in [-0.2, 0) is 0 Å². The predicted molar refractivity (Wildman–Crippen MR) is 55.1 cm³/mol. The van der Waals surface area contributed by atoms with Gasteiger partial charge in [0.2, 0.25) is 0 Å². The molecule has 0 radical (unpaired) electrons. The van der Waals surface area contributed by atoms with Crippen LogP contribution in [0.5, 0.6) is 0 Å². The van der Waals surface area contributed by atoms with Crippen molar-refractivity contribution in [2.75, 3.05) is 0 Å². The molecule has 0 N–H and O–H groups in total. The summed E-state index contributed by atoms with van der Waals surface area (Å²) in [5.41, 5.74) is 1.40. The van der Waals surface area contributed by atoms with E-state index >= 15 is 0 Å². The van der Waals surface area contributed by atoms with Crippen molar-refractivity contribution in [2.45, 2.75) is 46.5 Å². The highest BCUT2D eigenvalue weighted by Gasteiger charge is 2.26. The van der Waals surface area contributed by atoms with E-state index in [2.05, 4.69) is 27.4 Å². The normalized spacial score (nSPS) is 36.4. The van der Waals surface area contributed by atoms with Gasteiger partial charge >= 0.3 is 0 Å². The van der Waals surface area contributed by atoms with Gasteiger partial charge in [-0.1, -0.05) is 32.4 Å². The lowest BCUT2D eigenvalue weighted by molar-refractivity contribution is 0.208. The molecule has 1 fully saturated rings. The van der Waals surface area contributed by atoms with Crippen molar-refractivity contribution in [3.63, 3.8) is 0 Å². The Bertz CT molecular complexity index is 157. The van der Waals surface area contributed by atoms with Gasteiger partial charge in [-0.05, 0) is 43.9 Å². The van der Waals surface area contributed by atoms with E-state index in [0.717, 1.165) is 17.8 Å². The maximum absolute atomic E-state index is 4.06. The summed E-state index contributed by atoms with van der Waals surface area (Å²) in [5, 5.41) is 0. The SMILES string of the molecule is C=C(C)[C@@H]1CCC(CC)C(C)C1. The average molecular weight is 166 g/mol. The summed E-state index contributed by atoms with van der Waals surface area (Å²) in [5.74, 6) is 2.73. The molecule has 1 aliphatic rings. The van der Waals surface area contributed by atoms with E-state index in [-0.39, 0.29) is 0 Å². The first kappa shape index (κ1) is 9.83. The van der Waals surface area contributed by atoms with E-state index in [1.54, 1.807) is 0 Å². The third kappa shape index (κ3) is 2.12. The summed E-state index contributed by atoms with van der Waals surface area (Å²) >= 11 is 0. The molecule has 12 heavy (non-hydrogen) atoms. The van der Waals surface area contributed by atoms with Crippen LogP contribution in [0.25, 0.3) is 0 Å². The predicted octanol–water partition coefficient (Wildman–Crippen LogP) is 4.02. The number of hydrogen-bond acceptors (Lipinski definition) is 0. The minimum atomic E-state index is 0.822. The molecule has 0 nitrogen and oxygen atoms in total. The summed E-state index contributed by atoms with van der Waals surface area (Å²) in [4.78, 5) is 0. The Morgan fingerprint density at radius 1 is 1.42 bits per heavy atom. The molecule has 0 aliphatic heterocycles. The van der Waals surface area contributed by atoms with Crippen molar-refractivity contribution < 1.29 is 0 Å². The first-order valence-corrected chi connectivity index (χ1v) is 5.30. The molecule has 0 heterocycles. The van der Waals surface area contributed by atoms with E-state index in [9.17, 15) is 0 Å². The topological polar surface area (TPSA) is 0 Å². The van der Waals surface area contributed by atoms with E-state index in [0.29, 0.717) is 0 Å². The fourth-order valence-corrected chi connectivity index (χ4v) is 2.51. The molecule has 3 atom stereocenters. The van der Waals surface area contributed by atoms with Gasteiger partial charge in [-0.2, -0.15) is 0 Å². The van der Waals surface area contributed by atoms with Crippen LogP contribution in [0.1, 0.15) is 46.5 Å². The fraction of sp³-hybridized carbons (Fsp3) is 0.833. The van der Waals surface area contributed by atoms with E-state index in [1.165, 1.54) is 31.3 Å². The van der Waals surface area contributed by atoms with Crippen LogP contribution in [0, 0.1) is 17.8 Å². The largest absolute Gasteiger partial charge is 0.0999 e. The van der Waals surface area contributed by atoms with E-state index < -0.39 is 0 Å². The van der Waals surface area contributed by atoms with Gasteiger partial charge in [0.15, 0.2) is 0 Å². The average Bonchev–Trinajstić information content (AvgIpc) is 2.04. The summed E-state index contributed by atoms with van der Waals surface area (Å²) in [6.45, 7) is 11.0. The summed E-state index contributed by atoms with van der Waals surface area (Å²) in [6.07, 6.45) is 5.56. The first-order valence-electron chi connectivity index (χ1n) is 5.30. The Labute approximate surface area is 77.1 Å². The lowest BCUT2D eigenvalue weighted by Crippen LogP contribution is -2.22. The van der Waals surface area contributed by atoms with Crippen LogP contribution in [0.2, 0.25) is 0 Å². The zero-order valence-corrected chi connectivity index (χ0v) is 8.77. The third-order valence-corrected chi connectivity index (χ3v) is 3.57. The second kappa shape index (κ2) is 4.11. The molecular formula is C12H22. The van der Waals surface area contributed by atoms with E-state index in [1.807, 2.05) is 0 Å². The Kier molecular flexibility index (Phi) is 3.37. The van der Waals surface area contributed by atoms with Crippen LogP contribution in [0.4, 0.5) is 0 Å². The Morgan fingerprint density at radius 3 is 2.50 bits per heavy atom. The first-order chi connectivity index (χ1) is 5.65. The van der Waals surface area contributed by atoms with Gasteiger partial charge in [-0.15, -0.1) is 0 Å². The van der Waals surface area contributed by atoms with Gasteiger partial charge in [0.05, 0.1) is 0 Å². The zero-order chi connectivity index (χ0) is 9.14. The molecule has 0 bridgehead atoms. The van der Waals surface area contributed by atoms with Crippen LogP contribution < -0.4 is 0 Å². The van der Waals surface area contributed by atoms with Gasteiger partial charge in [-0.25, -0.2) is 0 Å². The molecule has 0 aromatic heterocycles. The van der Waals surface area contributed by atoms with Gasteiger partial charge in [0.1, 0.15) is 0 Å². The smallest absolute Gasteiger partial charge is 0.0206 e. The number of hydrogen-bond donors (Lipinski definition) is 0. The molecular weight excluding hydrogens is 144 g/mol. The van der Waals surface area contributed by atoms with Crippen molar-refractivity contribution in [1.82, 2.24) is 0 Å². The van der Waals surface area contributed by atoms with Crippen molar-refractivity contribution in [3.05, 3.63) is 12.2 Å². The van der Waals surface area contributed by atoms with Crippen molar-refractivity contribution in [2.24, 2.45) is 17.8 Å². The lowest BCUT2D eigenvalue weighted by Gasteiger charge is -2.33. The standard InChI is InChI=1S/C12H22/c1-5-11-6-7-12(9(2)3)8-10(11)4/h10-12H,2,5-8H2,1,3-4H3/t10?,11?,12-/m1/s1. The van der Waals surface area contributed by atoms with Gasteiger partial charge in [-0.3, -0.25) is 0 Å². The maximum Gasteiger partial charge on any atom is -0.0206 e. The van der Waals surface area contributed by atoms with E-state index in [4.69, 9.17) is 0 Å². The quantitative estimate of drug-likeness (QED) is 0.543. The lowest BCUT2D eigenvalue weighted by atomic mass is 9.72. The monoisotopic (exact) mass is 166 g/mol. The second-order valence-corrected chi connectivity index (χ2v) is 4.50. The van der Waals surface area contributed by atoms with Gasteiger partial charge in [0.25, 0.3) is 0 Å². The van der Waals surface area contributed by atoms with Crippen molar-refractivity contribution in [1.29, 1.82) is 0 Å². The molecule has 0 heteroatoms. The van der Waals surface area contributed by atoms with Gasteiger partial charge in [0, 0.05) is 0 Å². The molecule has 70 valence electrons. The van der Waals surface area contributed by atoms with Crippen LogP contribution in [-0.4, -0.2) is 0 Å². The molecule has 1 aliphatic carbocycles. The Morgan fingerprint density at radius 2 is 2.08 bits per heavy atom. The minimum Gasteiger partial charge on any atom is -0.0999 e. The maximum atomic E-state index is 4.06. The third-order valence-electron chi connectivity index (χ3n) is 3.57. The van der Waals surface area contributed by atoms with Gasteiger partial charge < -0.3 is 0 Å². The number of rotatable bonds is 2. The van der Waals surface area contributed by atoms with Crippen molar-refractivity contribution >= 4 is 0 Å². The molecule has 0 saturated heterocycles. The number of allylic oxidation sites excluding steroid dienone is 1. The summed E-state index contributed by atoms with van der Waals surface area (Å²) < 4.78 is 0. The Hall–Kier alpha value is -0.260. The van der Waals surface area contributed by atoms with Crippen LogP contribution in [0.3, 0.4) is 0 Å². The van der Waals surface area contributed by atoms with Crippen LogP contribution >= 0.6 is 0 Å². The molecule has 0 spiro atoms. The fourth-order valence-electron chi connectivity index (χ4n) is 2.51. The highest BCUT2D eigenvalue weighted by Crippen LogP contribution is 2.37. The highest BCUT2D eigenvalue weighted by atomic mass is 14.3. The molecule has 0 aromatic rings. The second-order valence-electron chi connectivity index (χ2n) is 4.50.